The number of carbonyl (C=O) groups is 1. The van der Waals surface area contributed by atoms with Crippen LogP contribution < -0.4 is 14.9 Å². The van der Waals surface area contributed by atoms with Gasteiger partial charge in [0.2, 0.25) is 21.8 Å². The van der Waals surface area contributed by atoms with Crippen LogP contribution in [0.2, 0.25) is 0 Å². The van der Waals surface area contributed by atoms with Crippen LogP contribution in [-0.2, 0) is 35.9 Å². The zero-order valence-electron chi connectivity index (χ0n) is 24.0. The Morgan fingerprint density at radius 1 is 1.18 bits per heavy atom. The van der Waals surface area contributed by atoms with Gasteiger partial charge in [0.05, 0.1) is 35.2 Å². The number of rotatable bonds is 7. The third kappa shape index (κ3) is 6.18. The minimum atomic E-state index is -4.04. The molecule has 3 rings (SSSR count). The van der Waals surface area contributed by atoms with Gasteiger partial charge in [-0.25, -0.2) is 12.7 Å². The smallest absolute Gasteiger partial charge is 0.348 e. The Balaban J connectivity index is 2.24. The van der Waals surface area contributed by atoms with Crippen molar-refractivity contribution >= 4 is 46.0 Å². The van der Waals surface area contributed by atoms with E-state index >= 15 is 0 Å². The maximum Gasteiger partial charge on any atom is 0.348 e. The molecule has 1 aliphatic rings. The predicted molar refractivity (Wildman–Crippen MR) is 154 cm³/mol. The molecule has 1 amide bonds. The van der Waals surface area contributed by atoms with E-state index in [2.05, 4.69) is 30.9 Å². The molecular formula is C26H39N4O7PS. The summed E-state index contributed by atoms with van der Waals surface area (Å²) in [5.74, 6) is -1.20. The predicted octanol–water partition coefficient (Wildman–Crippen LogP) is 4.67. The van der Waals surface area contributed by atoms with Gasteiger partial charge in [-0.2, -0.15) is 4.76 Å². The Morgan fingerprint density at radius 3 is 2.28 bits per heavy atom. The first-order chi connectivity index (χ1) is 17.7. The quantitative estimate of drug-likeness (QED) is 0.399. The van der Waals surface area contributed by atoms with Crippen molar-refractivity contribution in [2.24, 2.45) is 10.2 Å². The molecule has 1 atom stereocenters. The van der Waals surface area contributed by atoms with Crippen LogP contribution in [0.15, 0.2) is 23.0 Å². The molecule has 0 spiro atoms. The highest BCUT2D eigenvalue weighted by molar-refractivity contribution is 7.92. The summed E-state index contributed by atoms with van der Waals surface area (Å²) in [5.41, 5.74) is 0.162. The summed E-state index contributed by atoms with van der Waals surface area (Å²) in [6, 6.07) is 4.14. The molecular weight excluding hydrogens is 543 g/mol. The van der Waals surface area contributed by atoms with Gasteiger partial charge in [-0.1, -0.05) is 41.5 Å². The second-order valence-electron chi connectivity index (χ2n) is 11.9. The number of sulfonamides is 1. The van der Waals surface area contributed by atoms with Crippen LogP contribution in [0.3, 0.4) is 0 Å². The van der Waals surface area contributed by atoms with Gasteiger partial charge < -0.3 is 24.6 Å². The van der Waals surface area contributed by atoms with E-state index in [4.69, 9.17) is 4.52 Å². The summed E-state index contributed by atoms with van der Waals surface area (Å²) in [4.78, 5) is 12.1. The topological polar surface area (TPSA) is 151 Å². The first-order valence-corrected chi connectivity index (χ1v) is 16.1. The van der Waals surface area contributed by atoms with Gasteiger partial charge in [0.1, 0.15) is 5.56 Å². The van der Waals surface area contributed by atoms with Crippen LogP contribution in [-0.4, -0.2) is 47.8 Å². The molecule has 0 radical (unpaired) electrons. The van der Waals surface area contributed by atoms with Gasteiger partial charge in [-0.15, -0.1) is 0 Å². The number of nitrogens with one attached hydrogen (secondary N) is 1. The SMILES string of the molecule is CCOP1(=O)N=C(c2c(O)c(C(C)(C)C)n(CCC(C)(C)C)c2O)Nc2ccc(N(C(C)=O)S(C)(=O)=O)cc21. The van der Waals surface area contributed by atoms with Gasteiger partial charge >= 0.3 is 7.52 Å². The molecule has 1 unspecified atom stereocenters. The molecule has 1 aromatic heterocycles. The number of nitrogens with zero attached hydrogens (tertiary/aromatic N) is 3. The van der Waals surface area contributed by atoms with E-state index in [1.165, 1.54) is 18.2 Å². The van der Waals surface area contributed by atoms with Crippen molar-refractivity contribution in [2.75, 3.05) is 22.5 Å². The second-order valence-corrected chi connectivity index (χ2v) is 15.7. The number of amides is 1. The maximum absolute atomic E-state index is 14.1. The summed E-state index contributed by atoms with van der Waals surface area (Å²) in [6.45, 7) is 15.2. The van der Waals surface area contributed by atoms with Gasteiger partial charge in [-0.05, 0) is 37.0 Å². The number of aromatic hydroxyl groups is 2. The number of fused-ring (bicyclic) bond motifs is 1. The highest BCUT2D eigenvalue weighted by Crippen LogP contribution is 2.54. The van der Waals surface area contributed by atoms with Crippen molar-refractivity contribution < 1.29 is 32.5 Å². The lowest BCUT2D eigenvalue weighted by atomic mass is 9.89. The molecule has 216 valence electrons. The van der Waals surface area contributed by atoms with Crippen LogP contribution in [0.4, 0.5) is 11.4 Å². The van der Waals surface area contributed by atoms with Crippen LogP contribution in [0.25, 0.3) is 0 Å². The second kappa shape index (κ2) is 10.3. The van der Waals surface area contributed by atoms with E-state index in [-0.39, 0.29) is 51.7 Å². The molecule has 0 bridgehead atoms. The van der Waals surface area contributed by atoms with E-state index < -0.39 is 28.9 Å². The van der Waals surface area contributed by atoms with E-state index in [9.17, 15) is 28.0 Å². The number of aromatic nitrogens is 1. The number of hydrogen-bond donors (Lipinski definition) is 3. The molecule has 1 aromatic carbocycles. The van der Waals surface area contributed by atoms with Crippen LogP contribution in [0, 0.1) is 5.41 Å². The molecule has 0 saturated carbocycles. The average molecular weight is 583 g/mol. The Kier molecular flexibility index (Phi) is 8.11. The molecule has 3 N–H and O–H groups in total. The molecule has 2 heterocycles. The summed E-state index contributed by atoms with van der Waals surface area (Å²) >= 11 is 0. The van der Waals surface area contributed by atoms with Gasteiger partial charge in [-0.3, -0.25) is 9.36 Å². The Morgan fingerprint density at radius 2 is 1.79 bits per heavy atom. The summed E-state index contributed by atoms with van der Waals surface area (Å²) < 4.78 is 50.9. The number of carbonyl (C=O) groups excluding carboxylic acids is 1. The van der Waals surface area contributed by atoms with Crippen molar-refractivity contribution in [3.63, 3.8) is 0 Å². The fourth-order valence-corrected chi connectivity index (χ4v) is 7.31. The lowest BCUT2D eigenvalue weighted by Crippen LogP contribution is -2.35. The normalized spacial score (nSPS) is 17.8. The van der Waals surface area contributed by atoms with Crippen LogP contribution in [0.1, 0.15) is 73.1 Å². The third-order valence-electron chi connectivity index (χ3n) is 6.17. The summed E-state index contributed by atoms with van der Waals surface area (Å²) in [5, 5.41) is 25.8. The van der Waals surface area contributed by atoms with E-state index in [1.807, 2.05) is 20.8 Å². The van der Waals surface area contributed by atoms with Crippen molar-refractivity contribution in [2.45, 2.75) is 73.8 Å². The lowest BCUT2D eigenvalue weighted by Gasteiger charge is -2.27. The number of anilines is 2. The Hall–Kier alpha value is -2.82. The van der Waals surface area contributed by atoms with E-state index in [0.29, 0.717) is 23.0 Å². The molecule has 0 fully saturated rings. The van der Waals surface area contributed by atoms with Crippen LogP contribution >= 0.6 is 7.52 Å². The zero-order chi connectivity index (χ0) is 29.7. The van der Waals surface area contributed by atoms with Crippen LogP contribution in [0.5, 0.6) is 11.6 Å². The number of amidine groups is 1. The largest absolute Gasteiger partial charge is 0.505 e. The average Bonchev–Trinajstić information content (AvgIpc) is 3.00. The molecule has 0 saturated heterocycles. The Labute approximate surface area is 230 Å². The van der Waals surface area contributed by atoms with Crippen molar-refractivity contribution in [3.8, 4) is 11.6 Å². The number of benzene rings is 1. The number of hydrogen-bond acceptors (Lipinski definition) is 8. The molecule has 0 aliphatic carbocycles. The zero-order valence-corrected chi connectivity index (χ0v) is 25.7. The van der Waals surface area contributed by atoms with Gasteiger partial charge in [0.15, 0.2) is 11.6 Å². The molecule has 39 heavy (non-hydrogen) atoms. The van der Waals surface area contributed by atoms with E-state index in [0.717, 1.165) is 13.2 Å². The summed E-state index contributed by atoms with van der Waals surface area (Å²) in [7, 11) is -8.00. The van der Waals surface area contributed by atoms with Crippen molar-refractivity contribution in [1.29, 1.82) is 0 Å². The fraction of sp³-hybridized carbons (Fsp3) is 0.538. The van der Waals surface area contributed by atoms with Gasteiger partial charge in [0, 0.05) is 18.9 Å². The third-order valence-corrected chi connectivity index (χ3v) is 9.35. The van der Waals surface area contributed by atoms with E-state index in [1.54, 1.807) is 11.5 Å². The molecule has 2 aromatic rings. The first-order valence-electron chi connectivity index (χ1n) is 12.6. The molecule has 1 aliphatic heterocycles. The fourth-order valence-electron chi connectivity index (χ4n) is 4.55. The Bertz CT molecular complexity index is 1480. The molecule has 11 nitrogen and oxygen atoms in total. The minimum Gasteiger partial charge on any atom is -0.505 e. The van der Waals surface area contributed by atoms with Gasteiger partial charge in [0.25, 0.3) is 0 Å². The highest BCUT2D eigenvalue weighted by atomic mass is 32.2. The highest BCUT2D eigenvalue weighted by Gasteiger charge is 2.39. The first kappa shape index (κ1) is 30.7. The monoisotopic (exact) mass is 582 g/mol. The minimum absolute atomic E-state index is 0.00927. The maximum atomic E-state index is 14.1. The lowest BCUT2D eigenvalue weighted by molar-refractivity contribution is -0.115. The van der Waals surface area contributed by atoms with Crippen molar-refractivity contribution in [1.82, 2.24) is 4.57 Å². The summed E-state index contributed by atoms with van der Waals surface area (Å²) in [6.07, 6.45) is 1.61. The molecule has 13 heteroatoms. The van der Waals surface area contributed by atoms with Crippen molar-refractivity contribution in [3.05, 3.63) is 29.5 Å². The standard InChI is InChI=1S/C26H39N4O7PS/c1-10-37-38(34)19-15-17(30(16(2)31)39(9,35)36)11-12-18(19)27-23(28-38)20-21(32)22(26(6,7)8)29(24(20)33)14-13-25(3,4)5/h11-12,15,32-33H,10,13-14H2,1-9H3,(H,27,28,34).